The molecule has 1 aliphatic rings. The Morgan fingerprint density at radius 1 is 1.43 bits per heavy atom. The van der Waals surface area contributed by atoms with Gasteiger partial charge in [-0.25, -0.2) is 0 Å². The van der Waals surface area contributed by atoms with E-state index in [9.17, 15) is 14.9 Å². The molecular formula is C13H16N2O6. The Bertz CT molecular complexity index is 599. The van der Waals surface area contributed by atoms with Crippen LogP contribution in [0.3, 0.4) is 0 Å². The number of ether oxygens (including phenoxy) is 3. The molecule has 0 radical (unpaired) electrons. The van der Waals surface area contributed by atoms with Crippen molar-refractivity contribution in [3.63, 3.8) is 0 Å². The average Bonchev–Trinajstić information content (AvgIpc) is 2.91. The van der Waals surface area contributed by atoms with Gasteiger partial charge in [0, 0.05) is 0 Å². The summed E-state index contributed by atoms with van der Waals surface area (Å²) in [6.45, 7) is 3.13. The maximum absolute atomic E-state index is 11.8. The highest BCUT2D eigenvalue weighted by Crippen LogP contribution is 2.43. The summed E-state index contributed by atoms with van der Waals surface area (Å²) in [4.78, 5) is 22.5. The minimum atomic E-state index is -1.13. The van der Waals surface area contributed by atoms with Gasteiger partial charge in [-0.2, -0.15) is 0 Å². The van der Waals surface area contributed by atoms with E-state index >= 15 is 0 Å². The summed E-state index contributed by atoms with van der Waals surface area (Å²) in [6.07, 6.45) is 0. The molecule has 0 fully saturated rings. The van der Waals surface area contributed by atoms with Crippen LogP contribution in [0.15, 0.2) is 12.1 Å². The summed E-state index contributed by atoms with van der Waals surface area (Å²) in [5.41, 5.74) is 4.92. The molecule has 0 saturated heterocycles. The number of nitrogens with two attached hydrogens (primary N) is 1. The number of methoxy groups -OCH3 is 1. The van der Waals surface area contributed by atoms with E-state index < -0.39 is 22.3 Å². The Labute approximate surface area is 120 Å². The second-order valence-corrected chi connectivity index (χ2v) is 5.21. The Balaban J connectivity index is 2.52. The Kier molecular flexibility index (Phi) is 3.73. The van der Waals surface area contributed by atoms with Gasteiger partial charge in [0.2, 0.25) is 6.79 Å². The first-order chi connectivity index (χ1) is 9.78. The third-order valence-corrected chi connectivity index (χ3v) is 3.54. The van der Waals surface area contributed by atoms with Gasteiger partial charge in [0.25, 0.3) is 5.69 Å². The lowest BCUT2D eigenvalue weighted by Gasteiger charge is -2.28. The van der Waals surface area contributed by atoms with E-state index in [1.54, 1.807) is 13.8 Å². The number of carbonyl (C=O) groups is 1. The van der Waals surface area contributed by atoms with E-state index in [2.05, 4.69) is 0 Å². The quantitative estimate of drug-likeness (QED) is 0.509. The van der Waals surface area contributed by atoms with Crippen LogP contribution in [0, 0.1) is 15.5 Å². The lowest BCUT2D eigenvalue weighted by molar-refractivity contribution is -0.385. The number of esters is 1. The average molecular weight is 296 g/mol. The molecule has 0 bridgehead atoms. The van der Waals surface area contributed by atoms with E-state index in [0.717, 1.165) is 0 Å². The Hall–Kier alpha value is -2.35. The summed E-state index contributed by atoms with van der Waals surface area (Å²) in [5.74, 6) is 0.0993. The smallest absolute Gasteiger partial charge is 0.313 e. The van der Waals surface area contributed by atoms with Crippen LogP contribution < -0.4 is 15.2 Å². The topological polar surface area (TPSA) is 114 Å². The van der Waals surface area contributed by atoms with Crippen LogP contribution >= 0.6 is 0 Å². The maximum atomic E-state index is 11.8. The molecule has 114 valence electrons. The number of hydrogen-bond donors (Lipinski definition) is 1. The molecule has 0 aromatic heterocycles. The van der Waals surface area contributed by atoms with Gasteiger partial charge in [0.15, 0.2) is 11.5 Å². The van der Waals surface area contributed by atoms with Gasteiger partial charge < -0.3 is 19.9 Å². The van der Waals surface area contributed by atoms with Crippen molar-refractivity contribution in [3.05, 3.63) is 27.8 Å². The molecular weight excluding hydrogens is 280 g/mol. The van der Waals surface area contributed by atoms with Crippen molar-refractivity contribution in [2.45, 2.75) is 19.9 Å². The van der Waals surface area contributed by atoms with Crippen molar-refractivity contribution >= 4 is 11.7 Å². The molecule has 0 aliphatic carbocycles. The van der Waals surface area contributed by atoms with Crippen molar-refractivity contribution in [3.8, 4) is 11.5 Å². The molecule has 0 spiro atoms. The number of nitro benzene ring substituents is 1. The van der Waals surface area contributed by atoms with Crippen molar-refractivity contribution in [2.24, 2.45) is 11.1 Å². The van der Waals surface area contributed by atoms with E-state index in [1.165, 1.54) is 19.2 Å². The van der Waals surface area contributed by atoms with E-state index in [0.29, 0.717) is 5.75 Å². The van der Waals surface area contributed by atoms with Crippen LogP contribution in [-0.2, 0) is 9.53 Å². The number of benzene rings is 1. The fourth-order valence-corrected chi connectivity index (χ4v) is 2.13. The highest BCUT2D eigenvalue weighted by atomic mass is 16.7. The lowest BCUT2D eigenvalue weighted by Crippen LogP contribution is -2.37. The predicted octanol–water partition coefficient (Wildman–Crippen LogP) is 1.52. The highest BCUT2D eigenvalue weighted by Gasteiger charge is 2.40. The second kappa shape index (κ2) is 5.21. The van der Waals surface area contributed by atoms with Gasteiger partial charge in [0.05, 0.1) is 35.1 Å². The first-order valence-corrected chi connectivity index (χ1v) is 6.21. The molecule has 8 nitrogen and oxygen atoms in total. The van der Waals surface area contributed by atoms with Crippen molar-refractivity contribution in [1.29, 1.82) is 0 Å². The van der Waals surface area contributed by atoms with E-state index in [1.807, 2.05) is 0 Å². The Morgan fingerprint density at radius 3 is 2.52 bits per heavy atom. The minimum Gasteiger partial charge on any atom is -0.469 e. The molecule has 2 N–H and O–H groups in total. The maximum Gasteiger partial charge on any atom is 0.313 e. The van der Waals surface area contributed by atoms with Gasteiger partial charge in [-0.3, -0.25) is 14.9 Å². The first-order valence-electron chi connectivity index (χ1n) is 6.21. The molecule has 1 aliphatic heterocycles. The van der Waals surface area contributed by atoms with Crippen LogP contribution in [0.2, 0.25) is 0 Å². The third-order valence-electron chi connectivity index (χ3n) is 3.54. The van der Waals surface area contributed by atoms with E-state index in [-0.39, 0.29) is 23.8 Å². The van der Waals surface area contributed by atoms with Crippen molar-refractivity contribution in [2.75, 3.05) is 13.9 Å². The second-order valence-electron chi connectivity index (χ2n) is 5.21. The molecule has 1 heterocycles. The highest BCUT2D eigenvalue weighted by molar-refractivity contribution is 5.77. The molecule has 1 atom stereocenters. The van der Waals surface area contributed by atoms with Crippen LogP contribution in [0.4, 0.5) is 5.69 Å². The Morgan fingerprint density at radius 2 is 2.00 bits per heavy atom. The molecule has 1 aromatic carbocycles. The summed E-state index contributed by atoms with van der Waals surface area (Å²) in [5, 5.41) is 11.2. The van der Waals surface area contributed by atoms with Gasteiger partial charge in [-0.05, 0) is 19.9 Å². The fourth-order valence-electron chi connectivity index (χ4n) is 2.13. The van der Waals surface area contributed by atoms with Crippen LogP contribution in [0.5, 0.6) is 11.5 Å². The lowest BCUT2D eigenvalue weighted by atomic mass is 9.80. The molecule has 0 amide bonds. The van der Waals surface area contributed by atoms with Crippen LogP contribution in [-0.4, -0.2) is 24.8 Å². The first kappa shape index (κ1) is 15.0. The normalized spacial score (nSPS) is 14.7. The zero-order valence-electron chi connectivity index (χ0n) is 11.9. The molecule has 0 unspecified atom stereocenters. The SMILES string of the molecule is COC(=O)C(C)(C)[C@@H](N)c1cc2c(cc1[N+](=O)[O-])OCO2. The zero-order chi connectivity index (χ0) is 15.8. The minimum absolute atomic E-state index is 0.00836. The molecule has 8 heteroatoms. The van der Waals surface area contributed by atoms with Gasteiger partial charge in [0.1, 0.15) is 0 Å². The van der Waals surface area contributed by atoms with Gasteiger partial charge >= 0.3 is 5.97 Å². The molecule has 2 rings (SSSR count). The standard InChI is InChI=1S/C13H16N2O6/c1-13(2,12(16)19-3)11(14)7-4-9-10(21-6-20-9)5-8(7)15(17)18/h4-5,11H,6,14H2,1-3H3/t11-/m0/s1. The van der Waals surface area contributed by atoms with Crippen LogP contribution in [0.1, 0.15) is 25.5 Å². The fraction of sp³-hybridized carbons (Fsp3) is 0.462. The number of hydrogen-bond acceptors (Lipinski definition) is 7. The molecule has 1 aromatic rings. The zero-order valence-corrected chi connectivity index (χ0v) is 11.9. The number of nitrogens with zero attached hydrogens (tertiary/aromatic N) is 1. The summed E-state index contributed by atoms with van der Waals surface area (Å²) in [7, 11) is 1.24. The number of carbonyl (C=O) groups excluding carboxylic acids is 1. The van der Waals surface area contributed by atoms with Gasteiger partial charge in [-0.15, -0.1) is 0 Å². The number of rotatable bonds is 4. The van der Waals surface area contributed by atoms with E-state index in [4.69, 9.17) is 19.9 Å². The van der Waals surface area contributed by atoms with Crippen molar-refractivity contribution in [1.82, 2.24) is 0 Å². The van der Waals surface area contributed by atoms with Gasteiger partial charge in [-0.1, -0.05) is 0 Å². The molecule has 0 saturated carbocycles. The summed E-state index contributed by atoms with van der Waals surface area (Å²) >= 11 is 0. The van der Waals surface area contributed by atoms with Crippen molar-refractivity contribution < 1.29 is 23.9 Å². The third kappa shape index (κ3) is 2.49. The van der Waals surface area contributed by atoms with Crippen LogP contribution in [0.25, 0.3) is 0 Å². The molecule has 21 heavy (non-hydrogen) atoms. The largest absolute Gasteiger partial charge is 0.469 e. The summed E-state index contributed by atoms with van der Waals surface area (Å²) in [6, 6.07) is 1.76. The number of nitro groups is 1. The monoisotopic (exact) mass is 296 g/mol. The summed E-state index contributed by atoms with van der Waals surface area (Å²) < 4.78 is 15.0. The number of fused-ring (bicyclic) bond motifs is 1. The predicted molar refractivity (Wildman–Crippen MR) is 71.9 cm³/mol.